The summed E-state index contributed by atoms with van der Waals surface area (Å²) in [5.74, 6) is 0.335. The number of ether oxygens (including phenoxy) is 1. The zero-order valence-corrected chi connectivity index (χ0v) is 12.5. The molecule has 0 aliphatic carbocycles. The van der Waals surface area contributed by atoms with E-state index >= 15 is 0 Å². The number of amides is 1. The van der Waals surface area contributed by atoms with Crippen molar-refractivity contribution in [1.82, 2.24) is 5.32 Å². The van der Waals surface area contributed by atoms with E-state index in [0.717, 1.165) is 4.90 Å². The predicted molar refractivity (Wildman–Crippen MR) is 79.9 cm³/mol. The Kier molecular flexibility index (Phi) is 5.46. The first-order chi connectivity index (χ1) is 9.65. The van der Waals surface area contributed by atoms with Crippen LogP contribution in [0.1, 0.15) is 18.4 Å². The summed E-state index contributed by atoms with van der Waals surface area (Å²) in [4.78, 5) is 13.2. The monoisotopic (exact) mass is 295 g/mol. The Morgan fingerprint density at radius 2 is 2.10 bits per heavy atom. The third kappa shape index (κ3) is 3.98. The van der Waals surface area contributed by atoms with Gasteiger partial charge in [-0.05, 0) is 31.4 Å². The van der Waals surface area contributed by atoms with E-state index in [1.807, 2.05) is 31.2 Å². The Morgan fingerprint density at radius 3 is 2.75 bits per heavy atom. The van der Waals surface area contributed by atoms with E-state index in [2.05, 4.69) is 5.32 Å². The number of hydrogen-bond donors (Lipinski definition) is 2. The molecule has 5 heteroatoms. The molecule has 1 saturated heterocycles. The molecule has 1 aromatic rings. The Hall–Kier alpha value is -1.04. The van der Waals surface area contributed by atoms with E-state index in [1.165, 1.54) is 17.3 Å². The van der Waals surface area contributed by atoms with E-state index in [4.69, 9.17) is 4.74 Å². The predicted octanol–water partition coefficient (Wildman–Crippen LogP) is 1.74. The van der Waals surface area contributed by atoms with Gasteiger partial charge in [-0.3, -0.25) is 4.79 Å². The molecule has 0 radical (unpaired) electrons. The third-order valence-corrected chi connectivity index (χ3v) is 4.79. The van der Waals surface area contributed by atoms with Crippen molar-refractivity contribution < 1.29 is 14.6 Å². The van der Waals surface area contributed by atoms with Crippen molar-refractivity contribution in [3.8, 4) is 0 Å². The van der Waals surface area contributed by atoms with Crippen molar-refractivity contribution in [3.63, 3.8) is 0 Å². The van der Waals surface area contributed by atoms with Crippen molar-refractivity contribution in [1.29, 1.82) is 0 Å². The molecule has 2 rings (SSSR count). The number of carbonyl (C=O) groups is 1. The molecule has 0 spiro atoms. The van der Waals surface area contributed by atoms with E-state index in [-0.39, 0.29) is 12.5 Å². The van der Waals surface area contributed by atoms with Crippen LogP contribution in [0.3, 0.4) is 0 Å². The lowest BCUT2D eigenvalue weighted by molar-refractivity contribution is -0.122. The smallest absolute Gasteiger partial charge is 0.230 e. The summed E-state index contributed by atoms with van der Waals surface area (Å²) in [5.41, 5.74) is 0.676. The molecular weight excluding hydrogens is 274 g/mol. The number of aryl methyl sites for hydroxylation is 1. The van der Waals surface area contributed by atoms with Crippen LogP contribution in [-0.4, -0.2) is 42.1 Å². The fourth-order valence-corrected chi connectivity index (χ4v) is 3.11. The summed E-state index contributed by atoms with van der Waals surface area (Å²) >= 11 is 1.53. The first-order valence-electron chi connectivity index (χ1n) is 6.83. The summed E-state index contributed by atoms with van der Waals surface area (Å²) in [6.45, 7) is 3.18. The van der Waals surface area contributed by atoms with Gasteiger partial charge in [-0.2, -0.15) is 0 Å². The van der Waals surface area contributed by atoms with Crippen LogP contribution in [0.4, 0.5) is 0 Å². The lowest BCUT2D eigenvalue weighted by Gasteiger charge is -2.36. The molecule has 2 N–H and O–H groups in total. The second kappa shape index (κ2) is 7.11. The number of hydrogen-bond acceptors (Lipinski definition) is 4. The number of carbonyl (C=O) groups excluding carboxylic acids is 1. The first-order valence-corrected chi connectivity index (χ1v) is 7.82. The average Bonchev–Trinajstić information content (AvgIpc) is 2.47. The highest BCUT2D eigenvalue weighted by Crippen LogP contribution is 2.23. The SMILES string of the molecule is Cc1ccccc1SCC(=O)NC1(CO)CCOCC1. The Balaban J connectivity index is 1.87. The topological polar surface area (TPSA) is 58.6 Å². The van der Waals surface area contributed by atoms with Gasteiger partial charge in [0.15, 0.2) is 0 Å². The molecule has 20 heavy (non-hydrogen) atoms. The number of rotatable bonds is 5. The summed E-state index contributed by atoms with van der Waals surface area (Å²) in [7, 11) is 0. The second-order valence-corrected chi connectivity index (χ2v) is 6.17. The minimum atomic E-state index is -0.498. The van der Waals surface area contributed by atoms with Gasteiger partial charge < -0.3 is 15.2 Å². The van der Waals surface area contributed by atoms with Gasteiger partial charge in [-0.25, -0.2) is 0 Å². The van der Waals surface area contributed by atoms with Gasteiger partial charge in [-0.1, -0.05) is 18.2 Å². The fourth-order valence-electron chi connectivity index (χ4n) is 2.28. The Labute approximate surface area is 123 Å². The maximum Gasteiger partial charge on any atom is 0.230 e. The van der Waals surface area contributed by atoms with Crippen LogP contribution in [-0.2, 0) is 9.53 Å². The van der Waals surface area contributed by atoms with Crippen molar-refractivity contribution in [3.05, 3.63) is 29.8 Å². The van der Waals surface area contributed by atoms with Crippen molar-refractivity contribution in [2.24, 2.45) is 0 Å². The largest absolute Gasteiger partial charge is 0.394 e. The molecule has 1 aliphatic rings. The van der Waals surface area contributed by atoms with E-state index in [9.17, 15) is 9.90 Å². The van der Waals surface area contributed by atoms with E-state index < -0.39 is 5.54 Å². The van der Waals surface area contributed by atoms with Gasteiger partial charge in [0, 0.05) is 18.1 Å². The maximum atomic E-state index is 12.1. The van der Waals surface area contributed by atoms with Gasteiger partial charge in [0.1, 0.15) is 0 Å². The van der Waals surface area contributed by atoms with Crippen molar-refractivity contribution in [2.45, 2.75) is 30.2 Å². The molecule has 1 aliphatic heterocycles. The van der Waals surface area contributed by atoms with Crippen LogP contribution >= 0.6 is 11.8 Å². The lowest BCUT2D eigenvalue weighted by Crippen LogP contribution is -2.55. The van der Waals surface area contributed by atoms with Gasteiger partial charge in [0.25, 0.3) is 0 Å². The summed E-state index contributed by atoms with van der Waals surface area (Å²) in [5, 5.41) is 12.5. The average molecular weight is 295 g/mol. The molecule has 4 nitrogen and oxygen atoms in total. The number of nitrogens with one attached hydrogen (secondary N) is 1. The van der Waals surface area contributed by atoms with Crippen LogP contribution in [0.5, 0.6) is 0 Å². The Bertz CT molecular complexity index is 458. The zero-order valence-electron chi connectivity index (χ0n) is 11.7. The first kappa shape index (κ1) is 15.4. The molecule has 0 saturated carbocycles. The summed E-state index contributed by atoms with van der Waals surface area (Å²) in [6, 6.07) is 8.01. The Morgan fingerprint density at radius 1 is 1.40 bits per heavy atom. The molecule has 0 bridgehead atoms. The van der Waals surface area contributed by atoms with Crippen LogP contribution in [0.15, 0.2) is 29.2 Å². The quantitative estimate of drug-likeness (QED) is 0.813. The van der Waals surface area contributed by atoms with E-state index in [0.29, 0.717) is 31.8 Å². The van der Waals surface area contributed by atoms with Crippen LogP contribution in [0, 0.1) is 6.92 Å². The third-order valence-electron chi connectivity index (χ3n) is 3.61. The standard InChI is InChI=1S/C15H21NO3S/c1-12-4-2-3-5-13(12)20-10-14(18)16-15(11-17)6-8-19-9-7-15/h2-5,17H,6-11H2,1H3,(H,16,18). The highest BCUT2D eigenvalue weighted by atomic mass is 32.2. The number of thioether (sulfide) groups is 1. The second-order valence-electron chi connectivity index (χ2n) is 5.15. The summed E-state index contributed by atoms with van der Waals surface area (Å²) < 4.78 is 5.29. The van der Waals surface area contributed by atoms with Gasteiger partial charge in [-0.15, -0.1) is 11.8 Å². The normalized spacial score (nSPS) is 17.7. The van der Waals surface area contributed by atoms with Crippen LogP contribution in [0.2, 0.25) is 0 Å². The van der Waals surface area contributed by atoms with Gasteiger partial charge >= 0.3 is 0 Å². The number of aliphatic hydroxyl groups excluding tert-OH is 1. The number of aliphatic hydroxyl groups is 1. The molecule has 0 aromatic heterocycles. The molecule has 110 valence electrons. The molecule has 1 aromatic carbocycles. The highest BCUT2D eigenvalue weighted by Gasteiger charge is 2.33. The van der Waals surface area contributed by atoms with Crippen LogP contribution in [0.25, 0.3) is 0 Å². The summed E-state index contributed by atoms with van der Waals surface area (Å²) in [6.07, 6.45) is 1.34. The molecule has 0 atom stereocenters. The molecule has 1 amide bonds. The van der Waals surface area contributed by atoms with Gasteiger partial charge in [0.05, 0.1) is 17.9 Å². The molecule has 1 fully saturated rings. The van der Waals surface area contributed by atoms with Crippen molar-refractivity contribution >= 4 is 17.7 Å². The zero-order chi connectivity index (χ0) is 14.4. The molecule has 1 heterocycles. The fraction of sp³-hybridized carbons (Fsp3) is 0.533. The number of benzene rings is 1. The molecular formula is C15H21NO3S. The lowest BCUT2D eigenvalue weighted by atomic mass is 9.91. The van der Waals surface area contributed by atoms with E-state index in [1.54, 1.807) is 0 Å². The minimum absolute atomic E-state index is 0.0306. The molecule has 0 unspecified atom stereocenters. The van der Waals surface area contributed by atoms with Crippen molar-refractivity contribution in [2.75, 3.05) is 25.6 Å². The van der Waals surface area contributed by atoms with Crippen LogP contribution < -0.4 is 5.32 Å². The highest BCUT2D eigenvalue weighted by molar-refractivity contribution is 8.00. The van der Waals surface area contributed by atoms with Gasteiger partial charge in [0.2, 0.25) is 5.91 Å². The minimum Gasteiger partial charge on any atom is -0.394 e. The maximum absolute atomic E-state index is 12.1.